The Balaban J connectivity index is 3.07. The van der Waals surface area contributed by atoms with E-state index >= 15 is 0 Å². The molecule has 0 spiro atoms. The van der Waals surface area contributed by atoms with Crippen LogP contribution in [-0.4, -0.2) is 14.5 Å². The Bertz CT molecular complexity index is 498. The molecule has 0 aliphatic rings. The maximum atomic E-state index is 12.3. The Morgan fingerprint density at radius 2 is 2.00 bits per heavy atom. The monoisotopic (exact) mass is 270 g/mol. The Kier molecular flexibility index (Phi) is 5.16. The lowest BCUT2D eigenvalue weighted by molar-refractivity contribution is 0.543. The van der Waals surface area contributed by atoms with Crippen molar-refractivity contribution in [1.82, 2.24) is 4.72 Å². The van der Waals surface area contributed by atoms with E-state index in [1.807, 2.05) is 20.8 Å². The van der Waals surface area contributed by atoms with Gasteiger partial charge < -0.3 is 5.73 Å². The Morgan fingerprint density at radius 1 is 1.33 bits per heavy atom. The summed E-state index contributed by atoms with van der Waals surface area (Å²) in [7, 11) is -3.48. The molecule has 4 nitrogen and oxygen atoms in total. The van der Waals surface area contributed by atoms with E-state index in [9.17, 15) is 8.42 Å². The van der Waals surface area contributed by atoms with E-state index in [2.05, 4.69) is 4.72 Å². The smallest absolute Gasteiger partial charge is 0.241 e. The Hall–Kier alpha value is -1.07. The zero-order valence-electron chi connectivity index (χ0n) is 11.2. The van der Waals surface area contributed by atoms with Crippen LogP contribution in [0.2, 0.25) is 0 Å². The summed E-state index contributed by atoms with van der Waals surface area (Å²) in [4.78, 5) is 0.299. The summed E-state index contributed by atoms with van der Waals surface area (Å²) < 4.78 is 27.3. The van der Waals surface area contributed by atoms with Crippen molar-refractivity contribution < 1.29 is 8.42 Å². The number of anilines is 1. The van der Waals surface area contributed by atoms with Gasteiger partial charge in [0.2, 0.25) is 10.0 Å². The molecule has 1 rings (SSSR count). The fraction of sp³-hybridized carbons (Fsp3) is 0.538. The van der Waals surface area contributed by atoms with Crippen LogP contribution in [0.25, 0.3) is 0 Å². The van der Waals surface area contributed by atoms with Gasteiger partial charge in [0.1, 0.15) is 0 Å². The summed E-state index contributed by atoms with van der Waals surface area (Å²) in [6.07, 6.45) is 2.43. The topological polar surface area (TPSA) is 72.2 Å². The largest absolute Gasteiger partial charge is 0.399 e. The first-order valence-corrected chi connectivity index (χ1v) is 7.79. The van der Waals surface area contributed by atoms with E-state index < -0.39 is 10.0 Å². The van der Waals surface area contributed by atoms with Crippen LogP contribution in [-0.2, 0) is 16.4 Å². The average molecular weight is 270 g/mol. The van der Waals surface area contributed by atoms with Crippen LogP contribution < -0.4 is 10.5 Å². The molecule has 0 fully saturated rings. The Labute approximate surface area is 110 Å². The van der Waals surface area contributed by atoms with E-state index in [4.69, 9.17) is 5.73 Å². The second kappa shape index (κ2) is 6.20. The first-order valence-electron chi connectivity index (χ1n) is 6.31. The number of nitrogens with one attached hydrogen (secondary N) is 1. The fourth-order valence-electron chi connectivity index (χ4n) is 1.93. The quantitative estimate of drug-likeness (QED) is 0.779. The zero-order chi connectivity index (χ0) is 13.8. The molecule has 0 amide bonds. The van der Waals surface area contributed by atoms with Crippen molar-refractivity contribution in [1.29, 1.82) is 0 Å². The Morgan fingerprint density at radius 3 is 2.56 bits per heavy atom. The highest BCUT2D eigenvalue weighted by molar-refractivity contribution is 7.89. The van der Waals surface area contributed by atoms with Gasteiger partial charge in [0.25, 0.3) is 0 Å². The molecule has 5 heteroatoms. The standard InChI is InChI=1S/C13H22N2O2S/c1-4-6-10(3)15-18(16,17)13-9-12(14)8-7-11(13)5-2/h7-10,15H,4-6,14H2,1-3H3. The molecule has 0 heterocycles. The van der Waals surface area contributed by atoms with Crippen LogP contribution in [0.15, 0.2) is 23.1 Å². The molecular weight excluding hydrogens is 248 g/mol. The summed E-state index contributed by atoms with van der Waals surface area (Å²) in [5.41, 5.74) is 6.94. The van der Waals surface area contributed by atoms with Crippen molar-refractivity contribution in [2.75, 3.05) is 5.73 Å². The molecule has 0 bridgehead atoms. The maximum Gasteiger partial charge on any atom is 0.241 e. The molecule has 1 aromatic rings. The number of nitrogen functional groups attached to an aromatic ring is 1. The molecule has 0 aromatic heterocycles. The second-order valence-electron chi connectivity index (χ2n) is 4.53. The van der Waals surface area contributed by atoms with E-state index in [0.29, 0.717) is 17.0 Å². The van der Waals surface area contributed by atoms with Crippen LogP contribution >= 0.6 is 0 Å². The summed E-state index contributed by atoms with van der Waals surface area (Å²) in [5.74, 6) is 0. The van der Waals surface area contributed by atoms with Gasteiger partial charge in [-0.2, -0.15) is 0 Å². The number of benzene rings is 1. The van der Waals surface area contributed by atoms with Gasteiger partial charge in [-0.15, -0.1) is 0 Å². The first-order chi connectivity index (χ1) is 8.40. The van der Waals surface area contributed by atoms with E-state index in [0.717, 1.165) is 18.4 Å². The van der Waals surface area contributed by atoms with Gasteiger partial charge >= 0.3 is 0 Å². The predicted molar refractivity (Wildman–Crippen MR) is 74.9 cm³/mol. The molecule has 1 aromatic carbocycles. The van der Waals surface area contributed by atoms with Crippen LogP contribution in [0.1, 0.15) is 39.2 Å². The first kappa shape index (κ1) is 15.0. The number of hydrogen-bond donors (Lipinski definition) is 2. The molecule has 0 saturated carbocycles. The molecule has 102 valence electrons. The zero-order valence-corrected chi connectivity index (χ0v) is 12.0. The number of aryl methyl sites for hydroxylation is 1. The summed E-state index contributed by atoms with van der Waals surface area (Å²) in [6.45, 7) is 5.84. The van der Waals surface area contributed by atoms with Gasteiger partial charge in [0.15, 0.2) is 0 Å². The number of sulfonamides is 1. The molecule has 0 radical (unpaired) electrons. The lowest BCUT2D eigenvalue weighted by Crippen LogP contribution is -2.33. The SMILES string of the molecule is CCCC(C)NS(=O)(=O)c1cc(N)ccc1CC. The number of hydrogen-bond acceptors (Lipinski definition) is 3. The highest BCUT2D eigenvalue weighted by atomic mass is 32.2. The van der Waals surface area contributed by atoms with E-state index in [1.165, 1.54) is 6.07 Å². The van der Waals surface area contributed by atoms with Gasteiger partial charge in [-0.05, 0) is 37.5 Å². The van der Waals surface area contributed by atoms with Crippen LogP contribution in [0, 0.1) is 0 Å². The molecular formula is C13H22N2O2S. The van der Waals surface area contributed by atoms with Crippen LogP contribution in [0.4, 0.5) is 5.69 Å². The summed E-state index contributed by atoms with van der Waals surface area (Å²) >= 11 is 0. The highest BCUT2D eigenvalue weighted by Gasteiger charge is 2.20. The minimum absolute atomic E-state index is 0.0638. The minimum Gasteiger partial charge on any atom is -0.399 e. The molecule has 0 aliphatic carbocycles. The van der Waals surface area contributed by atoms with E-state index in [-0.39, 0.29) is 6.04 Å². The normalized spacial score (nSPS) is 13.5. The number of nitrogens with two attached hydrogens (primary N) is 1. The van der Waals surface area contributed by atoms with Crippen molar-refractivity contribution in [3.8, 4) is 0 Å². The van der Waals surface area contributed by atoms with Gasteiger partial charge in [-0.25, -0.2) is 13.1 Å². The minimum atomic E-state index is -3.48. The van der Waals surface area contributed by atoms with Crippen LogP contribution in [0.3, 0.4) is 0 Å². The van der Waals surface area contributed by atoms with Gasteiger partial charge in [0, 0.05) is 11.7 Å². The third-order valence-electron chi connectivity index (χ3n) is 2.84. The number of rotatable bonds is 6. The molecule has 1 unspecified atom stereocenters. The average Bonchev–Trinajstić information content (AvgIpc) is 2.28. The maximum absolute atomic E-state index is 12.3. The van der Waals surface area contributed by atoms with Crippen molar-refractivity contribution in [3.63, 3.8) is 0 Å². The third kappa shape index (κ3) is 3.71. The summed E-state index contributed by atoms with van der Waals surface area (Å²) in [5, 5.41) is 0. The van der Waals surface area contributed by atoms with Crippen molar-refractivity contribution in [2.45, 2.75) is 51.0 Å². The molecule has 18 heavy (non-hydrogen) atoms. The predicted octanol–water partition coefficient (Wildman–Crippen LogP) is 2.30. The van der Waals surface area contributed by atoms with Gasteiger partial charge in [-0.3, -0.25) is 0 Å². The lowest BCUT2D eigenvalue weighted by atomic mass is 10.1. The van der Waals surface area contributed by atoms with E-state index in [1.54, 1.807) is 12.1 Å². The molecule has 1 atom stereocenters. The summed E-state index contributed by atoms with van der Waals surface area (Å²) in [6, 6.07) is 4.97. The third-order valence-corrected chi connectivity index (χ3v) is 4.51. The molecule has 0 saturated heterocycles. The fourth-order valence-corrected chi connectivity index (χ4v) is 3.56. The lowest BCUT2D eigenvalue weighted by Gasteiger charge is -2.15. The second-order valence-corrected chi connectivity index (χ2v) is 6.21. The molecule has 3 N–H and O–H groups in total. The van der Waals surface area contributed by atoms with Crippen molar-refractivity contribution in [3.05, 3.63) is 23.8 Å². The highest BCUT2D eigenvalue weighted by Crippen LogP contribution is 2.20. The van der Waals surface area contributed by atoms with Gasteiger partial charge in [-0.1, -0.05) is 26.3 Å². The van der Waals surface area contributed by atoms with Crippen LogP contribution in [0.5, 0.6) is 0 Å². The van der Waals surface area contributed by atoms with Crippen molar-refractivity contribution >= 4 is 15.7 Å². The van der Waals surface area contributed by atoms with Crippen molar-refractivity contribution in [2.24, 2.45) is 0 Å². The van der Waals surface area contributed by atoms with Gasteiger partial charge in [0.05, 0.1) is 4.90 Å². The molecule has 0 aliphatic heterocycles.